The monoisotopic (exact) mass is 532 g/mol. The molecule has 1 saturated heterocycles. The normalized spacial score (nSPS) is 18.9. The maximum Gasteiger partial charge on any atom is 0.248 e. The molecule has 0 spiro atoms. The topological polar surface area (TPSA) is 143 Å². The molecule has 4 N–H and O–H groups in total. The van der Waals surface area contributed by atoms with Crippen molar-refractivity contribution in [3.05, 3.63) is 72.1 Å². The number of hydrogen-bond acceptors (Lipinski definition) is 6. The van der Waals surface area contributed by atoms with E-state index in [0.717, 1.165) is 16.7 Å². The molecule has 3 amide bonds. The minimum absolute atomic E-state index is 0.000629. The number of aliphatic hydroxyl groups excluding tert-OH is 1. The van der Waals surface area contributed by atoms with Crippen LogP contribution in [-0.4, -0.2) is 67.5 Å². The van der Waals surface area contributed by atoms with Crippen molar-refractivity contribution in [3.8, 4) is 11.1 Å². The average molecular weight is 533 g/mol. The fourth-order valence-electron chi connectivity index (χ4n) is 5.03. The molecule has 10 heteroatoms. The van der Waals surface area contributed by atoms with Gasteiger partial charge in [0, 0.05) is 25.6 Å². The Morgan fingerprint density at radius 1 is 1.08 bits per heavy atom. The number of aromatic nitrogens is 3. The second-order valence-corrected chi connectivity index (χ2v) is 11.2. The zero-order valence-corrected chi connectivity index (χ0v) is 22.7. The van der Waals surface area contributed by atoms with E-state index in [0.29, 0.717) is 5.69 Å². The molecular weight excluding hydrogens is 496 g/mol. The predicted molar refractivity (Wildman–Crippen MR) is 146 cm³/mol. The molecule has 39 heavy (non-hydrogen) atoms. The Bertz CT molecular complexity index is 1320. The number of rotatable bonds is 8. The van der Waals surface area contributed by atoms with Gasteiger partial charge in [-0.1, -0.05) is 80.6 Å². The van der Waals surface area contributed by atoms with E-state index in [2.05, 4.69) is 15.6 Å². The van der Waals surface area contributed by atoms with E-state index in [-0.39, 0.29) is 25.3 Å². The van der Waals surface area contributed by atoms with Crippen molar-refractivity contribution in [3.63, 3.8) is 0 Å². The lowest BCUT2D eigenvalue weighted by Crippen LogP contribution is -2.54. The van der Waals surface area contributed by atoms with Gasteiger partial charge in [0.25, 0.3) is 0 Å². The van der Waals surface area contributed by atoms with E-state index in [4.69, 9.17) is 5.73 Å². The number of nitrogens with two attached hydrogens (primary N) is 1. The van der Waals surface area contributed by atoms with Gasteiger partial charge < -0.3 is 21.1 Å². The van der Waals surface area contributed by atoms with Crippen LogP contribution in [0.3, 0.4) is 0 Å². The molecule has 1 fully saturated rings. The van der Waals surface area contributed by atoms with Gasteiger partial charge in [-0.15, -0.1) is 5.10 Å². The molecule has 3 aromatic rings. The van der Waals surface area contributed by atoms with Gasteiger partial charge in [0.2, 0.25) is 17.7 Å². The Morgan fingerprint density at radius 3 is 2.28 bits per heavy atom. The van der Waals surface area contributed by atoms with Crippen molar-refractivity contribution in [1.29, 1.82) is 0 Å². The van der Waals surface area contributed by atoms with Crippen LogP contribution in [0.4, 0.5) is 0 Å². The van der Waals surface area contributed by atoms with Crippen LogP contribution in [0.25, 0.3) is 11.1 Å². The first-order chi connectivity index (χ1) is 18.4. The summed E-state index contributed by atoms with van der Waals surface area (Å²) in [5, 5.41) is 21.3. The smallest absolute Gasteiger partial charge is 0.248 e. The van der Waals surface area contributed by atoms with Crippen LogP contribution in [0.15, 0.2) is 60.8 Å². The third kappa shape index (κ3) is 6.51. The van der Waals surface area contributed by atoms with Crippen LogP contribution < -0.4 is 11.1 Å². The molecule has 0 radical (unpaired) electrons. The number of nitrogens with one attached hydrogen (secondary N) is 1. The van der Waals surface area contributed by atoms with Gasteiger partial charge in [-0.3, -0.25) is 14.4 Å². The Labute approximate surface area is 228 Å². The molecule has 206 valence electrons. The Kier molecular flexibility index (Phi) is 8.15. The second-order valence-electron chi connectivity index (χ2n) is 11.2. The summed E-state index contributed by atoms with van der Waals surface area (Å²) in [7, 11) is 0. The Morgan fingerprint density at radius 2 is 1.72 bits per heavy atom. The van der Waals surface area contributed by atoms with Crippen molar-refractivity contribution in [1.82, 2.24) is 25.2 Å². The summed E-state index contributed by atoms with van der Waals surface area (Å²) in [6.45, 7) is 7.49. The number of aliphatic hydroxyl groups is 1. The highest BCUT2D eigenvalue weighted by molar-refractivity contribution is 5.93. The first-order valence-electron chi connectivity index (χ1n) is 13.0. The van der Waals surface area contributed by atoms with Crippen LogP contribution in [0.5, 0.6) is 0 Å². The number of β-amino-alcohol motifs (C(OH)–C–C–N with tert-alkyl or cyclic N) is 1. The molecule has 2 heterocycles. The lowest BCUT2D eigenvalue weighted by atomic mass is 9.85. The standard InChI is InChI=1S/C29H36N6O4/c1-18-16-35(33-32-18)25(29(2,3)4)28(39)34-17-22(36)15-24(34)27(38)31-23(26(30)37)14-19-10-12-21(13-11-19)20-8-6-5-7-9-20/h5-13,16,22-25,36H,14-15,17H2,1-4H3,(H2,30,37)(H,31,38)/t22-,23-,24+,25-/m1/s1. The van der Waals surface area contributed by atoms with Crippen molar-refractivity contribution in [2.45, 2.75) is 64.8 Å². The summed E-state index contributed by atoms with van der Waals surface area (Å²) in [6, 6.07) is 14.9. The molecule has 4 atom stereocenters. The predicted octanol–water partition coefficient (Wildman–Crippen LogP) is 2.02. The molecule has 1 aromatic heterocycles. The van der Waals surface area contributed by atoms with E-state index < -0.39 is 41.5 Å². The molecule has 2 aromatic carbocycles. The van der Waals surface area contributed by atoms with Crippen LogP contribution in [0, 0.1) is 12.3 Å². The largest absolute Gasteiger partial charge is 0.391 e. The Hall–Kier alpha value is -4.05. The number of aryl methyl sites for hydroxylation is 1. The van der Waals surface area contributed by atoms with E-state index in [1.54, 1.807) is 13.1 Å². The number of carbonyl (C=O) groups is 3. The van der Waals surface area contributed by atoms with Crippen molar-refractivity contribution in [2.75, 3.05) is 6.54 Å². The fraction of sp³-hybridized carbons (Fsp3) is 0.414. The lowest BCUT2D eigenvalue weighted by molar-refractivity contribution is -0.144. The number of hydrogen-bond donors (Lipinski definition) is 3. The van der Waals surface area contributed by atoms with Gasteiger partial charge >= 0.3 is 0 Å². The van der Waals surface area contributed by atoms with E-state index in [9.17, 15) is 19.5 Å². The number of primary amides is 1. The third-order valence-corrected chi connectivity index (χ3v) is 6.97. The summed E-state index contributed by atoms with van der Waals surface area (Å²) in [5.41, 5.74) is 8.70. The van der Waals surface area contributed by atoms with Crippen molar-refractivity contribution < 1.29 is 19.5 Å². The van der Waals surface area contributed by atoms with Gasteiger partial charge in [-0.05, 0) is 29.0 Å². The van der Waals surface area contributed by atoms with Crippen LogP contribution in [-0.2, 0) is 20.8 Å². The quantitative estimate of drug-likeness (QED) is 0.405. The molecule has 0 unspecified atom stereocenters. The van der Waals surface area contributed by atoms with Crippen LogP contribution >= 0.6 is 0 Å². The highest BCUT2D eigenvalue weighted by atomic mass is 16.3. The van der Waals surface area contributed by atoms with Gasteiger partial charge in [-0.25, -0.2) is 4.68 Å². The zero-order valence-electron chi connectivity index (χ0n) is 22.7. The third-order valence-electron chi connectivity index (χ3n) is 6.97. The van der Waals surface area contributed by atoms with Crippen molar-refractivity contribution in [2.24, 2.45) is 11.1 Å². The summed E-state index contributed by atoms with van der Waals surface area (Å²) in [5.74, 6) is -1.57. The summed E-state index contributed by atoms with van der Waals surface area (Å²) >= 11 is 0. The highest BCUT2D eigenvalue weighted by Crippen LogP contribution is 2.34. The van der Waals surface area contributed by atoms with Gasteiger partial charge in [0.05, 0.1) is 11.8 Å². The van der Waals surface area contributed by atoms with Gasteiger partial charge in [-0.2, -0.15) is 0 Å². The molecule has 0 aliphatic carbocycles. The molecule has 0 saturated carbocycles. The second kappa shape index (κ2) is 11.4. The maximum atomic E-state index is 13.8. The SMILES string of the molecule is Cc1cn([C@H](C(=O)N2C[C@H](O)C[C@H]2C(=O)N[C@H](Cc2ccc(-c3ccccc3)cc2)C(N)=O)C(C)(C)C)nn1. The zero-order chi connectivity index (χ0) is 28.3. The average Bonchev–Trinajstić information content (AvgIpc) is 3.49. The van der Waals surface area contributed by atoms with Crippen LogP contribution in [0.2, 0.25) is 0 Å². The minimum Gasteiger partial charge on any atom is -0.391 e. The number of carbonyl (C=O) groups excluding carboxylic acids is 3. The first kappa shape index (κ1) is 28.0. The number of nitrogens with zero attached hydrogens (tertiary/aromatic N) is 4. The van der Waals surface area contributed by atoms with Gasteiger partial charge in [0.1, 0.15) is 18.1 Å². The van der Waals surface area contributed by atoms with E-state index in [1.807, 2.05) is 75.4 Å². The van der Waals surface area contributed by atoms with Gasteiger partial charge in [0.15, 0.2) is 0 Å². The first-order valence-corrected chi connectivity index (χ1v) is 13.0. The molecule has 0 bridgehead atoms. The lowest BCUT2D eigenvalue weighted by Gasteiger charge is -2.34. The molecule has 1 aliphatic rings. The fourth-order valence-corrected chi connectivity index (χ4v) is 5.03. The maximum absolute atomic E-state index is 13.8. The number of amides is 3. The number of benzene rings is 2. The van der Waals surface area contributed by atoms with Crippen LogP contribution in [0.1, 0.15) is 44.5 Å². The number of likely N-dealkylation sites (tertiary alicyclic amines) is 1. The molecule has 4 rings (SSSR count). The molecule has 10 nitrogen and oxygen atoms in total. The Balaban J connectivity index is 1.49. The summed E-state index contributed by atoms with van der Waals surface area (Å²) < 4.78 is 1.50. The summed E-state index contributed by atoms with van der Waals surface area (Å²) in [6.07, 6.45) is 1.06. The molecule has 1 aliphatic heterocycles. The van der Waals surface area contributed by atoms with E-state index >= 15 is 0 Å². The summed E-state index contributed by atoms with van der Waals surface area (Å²) in [4.78, 5) is 40.9. The van der Waals surface area contributed by atoms with E-state index in [1.165, 1.54) is 9.58 Å². The highest BCUT2D eigenvalue weighted by Gasteiger charge is 2.45. The minimum atomic E-state index is -0.980. The van der Waals surface area contributed by atoms with Crippen molar-refractivity contribution >= 4 is 17.7 Å². The molecular formula is C29H36N6O4.